The van der Waals surface area contributed by atoms with E-state index in [0.29, 0.717) is 18.5 Å². The standard InChI is InChI=1S/C25H25N5O2/c31-24-14-20(27-23-6-2-1-5-21(23)24)16-30-13-3-4-18(15-30)25(32)28-19-9-7-17(8-10-19)22-11-12-26-29-22/h1-2,5-12,14,18H,3-4,13,15-16H2,(H,26,29)(H,27,31)(H,28,32). The number of piperidine rings is 1. The molecule has 1 atom stereocenters. The molecule has 1 unspecified atom stereocenters. The van der Waals surface area contributed by atoms with E-state index in [1.54, 1.807) is 12.3 Å². The number of rotatable bonds is 5. The Hall–Kier alpha value is -3.71. The van der Waals surface area contributed by atoms with Gasteiger partial charge in [-0.05, 0) is 55.3 Å². The molecule has 1 fully saturated rings. The number of likely N-dealkylation sites (tertiary alicyclic amines) is 1. The number of hydrogen-bond donors (Lipinski definition) is 3. The van der Waals surface area contributed by atoms with Crippen molar-refractivity contribution in [1.82, 2.24) is 20.1 Å². The van der Waals surface area contributed by atoms with Crippen molar-refractivity contribution >= 4 is 22.5 Å². The molecule has 0 radical (unpaired) electrons. The van der Waals surface area contributed by atoms with Crippen molar-refractivity contribution in [2.24, 2.45) is 5.92 Å². The van der Waals surface area contributed by atoms with Gasteiger partial charge in [-0.15, -0.1) is 0 Å². The number of nitrogens with zero attached hydrogens (tertiary/aromatic N) is 2. The number of nitrogens with one attached hydrogen (secondary N) is 3. The van der Waals surface area contributed by atoms with E-state index in [1.807, 2.05) is 54.6 Å². The number of hydrogen-bond acceptors (Lipinski definition) is 4. The molecule has 0 bridgehead atoms. The van der Waals surface area contributed by atoms with Crippen LogP contribution in [0.1, 0.15) is 18.5 Å². The van der Waals surface area contributed by atoms with E-state index < -0.39 is 0 Å². The van der Waals surface area contributed by atoms with Crippen LogP contribution in [0.15, 0.2) is 71.7 Å². The molecule has 1 amide bonds. The van der Waals surface area contributed by atoms with Crippen molar-refractivity contribution in [2.75, 3.05) is 18.4 Å². The zero-order valence-corrected chi connectivity index (χ0v) is 17.7. The van der Waals surface area contributed by atoms with Crippen molar-refractivity contribution in [3.63, 3.8) is 0 Å². The minimum absolute atomic E-state index is 0.0271. The first-order valence-electron chi connectivity index (χ1n) is 10.9. The summed E-state index contributed by atoms with van der Waals surface area (Å²) in [6.45, 7) is 2.22. The predicted molar refractivity (Wildman–Crippen MR) is 125 cm³/mol. The van der Waals surface area contributed by atoms with Crippen LogP contribution in [0.5, 0.6) is 0 Å². The number of amides is 1. The number of benzene rings is 2. The summed E-state index contributed by atoms with van der Waals surface area (Å²) < 4.78 is 0. The summed E-state index contributed by atoms with van der Waals surface area (Å²) in [5, 5.41) is 10.7. The molecule has 0 aliphatic carbocycles. The number of anilines is 1. The van der Waals surface area contributed by atoms with E-state index >= 15 is 0 Å². The van der Waals surface area contributed by atoms with Gasteiger partial charge < -0.3 is 10.3 Å². The van der Waals surface area contributed by atoms with Gasteiger partial charge in [0, 0.05) is 47.6 Å². The van der Waals surface area contributed by atoms with E-state index in [-0.39, 0.29) is 17.3 Å². The first-order chi connectivity index (χ1) is 15.7. The number of para-hydroxylation sites is 1. The molecule has 0 spiro atoms. The molecule has 0 saturated carbocycles. The Balaban J connectivity index is 1.23. The highest BCUT2D eigenvalue weighted by molar-refractivity contribution is 5.93. The Morgan fingerprint density at radius 2 is 1.97 bits per heavy atom. The van der Waals surface area contributed by atoms with Crippen LogP contribution in [-0.2, 0) is 11.3 Å². The fourth-order valence-corrected chi connectivity index (χ4v) is 4.39. The topological polar surface area (TPSA) is 93.9 Å². The Bertz CT molecular complexity index is 1280. The highest BCUT2D eigenvalue weighted by Crippen LogP contribution is 2.22. The Morgan fingerprint density at radius 3 is 2.78 bits per heavy atom. The molecule has 3 heterocycles. The molecule has 162 valence electrons. The maximum atomic E-state index is 12.9. The highest BCUT2D eigenvalue weighted by atomic mass is 16.2. The van der Waals surface area contributed by atoms with Crippen molar-refractivity contribution in [1.29, 1.82) is 0 Å². The van der Waals surface area contributed by atoms with Gasteiger partial charge in [0.2, 0.25) is 5.91 Å². The number of pyridine rings is 1. The van der Waals surface area contributed by atoms with Crippen LogP contribution in [0.4, 0.5) is 5.69 Å². The quantitative estimate of drug-likeness (QED) is 0.452. The van der Waals surface area contributed by atoms with Crippen LogP contribution < -0.4 is 10.7 Å². The van der Waals surface area contributed by atoms with Crippen LogP contribution >= 0.6 is 0 Å². The molecular weight excluding hydrogens is 402 g/mol. The van der Waals surface area contributed by atoms with Gasteiger partial charge in [0.25, 0.3) is 0 Å². The van der Waals surface area contributed by atoms with Crippen LogP contribution in [0, 0.1) is 5.92 Å². The number of carbonyl (C=O) groups excluding carboxylic acids is 1. The monoisotopic (exact) mass is 427 g/mol. The summed E-state index contributed by atoms with van der Waals surface area (Å²) in [5.74, 6) is -0.0424. The Kier molecular flexibility index (Phi) is 5.56. The van der Waals surface area contributed by atoms with Crippen LogP contribution in [0.2, 0.25) is 0 Å². The van der Waals surface area contributed by atoms with Gasteiger partial charge in [0.05, 0.1) is 11.6 Å². The van der Waals surface area contributed by atoms with Gasteiger partial charge in [-0.1, -0.05) is 24.3 Å². The number of H-pyrrole nitrogens is 2. The van der Waals surface area contributed by atoms with E-state index in [9.17, 15) is 9.59 Å². The lowest BCUT2D eigenvalue weighted by Crippen LogP contribution is -2.40. The SMILES string of the molecule is O=C(Nc1ccc(-c2ccn[nH]2)cc1)C1CCCN(Cc2cc(=O)c3ccccc3[nH]2)C1. The zero-order valence-electron chi connectivity index (χ0n) is 17.7. The maximum absolute atomic E-state index is 12.9. The first kappa shape index (κ1) is 20.2. The summed E-state index contributed by atoms with van der Waals surface area (Å²) in [6.07, 6.45) is 3.53. The Labute approximate surface area is 185 Å². The van der Waals surface area contributed by atoms with Gasteiger partial charge in [-0.25, -0.2) is 0 Å². The second kappa shape index (κ2) is 8.80. The predicted octanol–water partition coefficient (Wildman–Crippen LogP) is 3.77. The molecule has 5 rings (SSSR count). The lowest BCUT2D eigenvalue weighted by Gasteiger charge is -2.32. The Morgan fingerprint density at radius 1 is 1.12 bits per heavy atom. The molecular formula is C25H25N5O2. The third-order valence-electron chi connectivity index (χ3n) is 6.03. The fourth-order valence-electron chi connectivity index (χ4n) is 4.39. The summed E-state index contributed by atoms with van der Waals surface area (Å²) in [5.41, 5.74) is 4.50. The average molecular weight is 428 g/mol. The molecule has 2 aromatic carbocycles. The van der Waals surface area contributed by atoms with Crippen LogP contribution in [-0.4, -0.2) is 39.1 Å². The smallest absolute Gasteiger partial charge is 0.228 e. The molecule has 7 heteroatoms. The number of fused-ring (bicyclic) bond motifs is 1. The first-order valence-corrected chi connectivity index (χ1v) is 10.9. The largest absolute Gasteiger partial charge is 0.357 e. The summed E-state index contributed by atoms with van der Waals surface area (Å²) in [7, 11) is 0. The van der Waals surface area contributed by atoms with Crippen molar-refractivity contribution in [3.05, 3.63) is 82.8 Å². The fraction of sp³-hybridized carbons (Fsp3) is 0.240. The third-order valence-corrected chi connectivity index (χ3v) is 6.03. The van der Waals surface area contributed by atoms with E-state index in [2.05, 4.69) is 25.4 Å². The van der Waals surface area contributed by atoms with E-state index in [4.69, 9.17) is 0 Å². The molecule has 1 aliphatic heterocycles. The van der Waals surface area contributed by atoms with Gasteiger partial charge >= 0.3 is 0 Å². The normalized spacial score (nSPS) is 16.8. The lowest BCUT2D eigenvalue weighted by atomic mass is 9.96. The van der Waals surface area contributed by atoms with Crippen molar-refractivity contribution < 1.29 is 4.79 Å². The van der Waals surface area contributed by atoms with Crippen molar-refractivity contribution in [3.8, 4) is 11.3 Å². The number of aromatic amines is 2. The molecule has 4 aromatic rings. The molecule has 7 nitrogen and oxygen atoms in total. The summed E-state index contributed by atoms with van der Waals surface area (Å²) >= 11 is 0. The van der Waals surface area contributed by atoms with Crippen LogP contribution in [0.3, 0.4) is 0 Å². The second-order valence-corrected chi connectivity index (χ2v) is 8.32. The molecule has 1 aliphatic rings. The number of carbonyl (C=O) groups is 1. The maximum Gasteiger partial charge on any atom is 0.228 e. The minimum Gasteiger partial charge on any atom is -0.357 e. The minimum atomic E-state index is -0.0804. The van der Waals surface area contributed by atoms with E-state index in [0.717, 1.165) is 47.5 Å². The molecule has 3 N–H and O–H groups in total. The van der Waals surface area contributed by atoms with Crippen molar-refractivity contribution in [2.45, 2.75) is 19.4 Å². The average Bonchev–Trinajstić information content (AvgIpc) is 3.35. The lowest BCUT2D eigenvalue weighted by molar-refractivity contribution is -0.121. The van der Waals surface area contributed by atoms with E-state index in [1.165, 1.54) is 0 Å². The van der Waals surface area contributed by atoms with Gasteiger partial charge in [0.15, 0.2) is 5.43 Å². The molecule has 2 aromatic heterocycles. The summed E-state index contributed by atoms with van der Waals surface area (Å²) in [6, 6.07) is 18.9. The van der Waals surface area contributed by atoms with Crippen LogP contribution in [0.25, 0.3) is 22.2 Å². The molecule has 32 heavy (non-hydrogen) atoms. The number of aromatic nitrogens is 3. The summed E-state index contributed by atoms with van der Waals surface area (Å²) in [4.78, 5) is 30.9. The van der Waals surface area contributed by atoms with Gasteiger partial charge in [0.1, 0.15) is 0 Å². The third kappa shape index (κ3) is 4.33. The second-order valence-electron chi connectivity index (χ2n) is 8.32. The van der Waals surface area contributed by atoms with Gasteiger partial charge in [-0.3, -0.25) is 19.6 Å². The van der Waals surface area contributed by atoms with Gasteiger partial charge in [-0.2, -0.15) is 5.10 Å². The highest BCUT2D eigenvalue weighted by Gasteiger charge is 2.26. The molecule has 1 saturated heterocycles. The zero-order chi connectivity index (χ0) is 21.9.